The quantitative estimate of drug-likeness (QED) is 0.704. The largest absolute Gasteiger partial charge is 0.508 e. The highest BCUT2D eigenvalue weighted by atomic mass is 79.9. The van der Waals surface area contributed by atoms with Crippen LogP contribution in [0.4, 0.5) is 0 Å². The van der Waals surface area contributed by atoms with E-state index in [0.29, 0.717) is 22.1 Å². The van der Waals surface area contributed by atoms with E-state index >= 15 is 0 Å². The van der Waals surface area contributed by atoms with E-state index < -0.39 is 5.97 Å². The zero-order valence-electron chi connectivity index (χ0n) is 12.0. The Hall–Kier alpha value is -2.19. The molecule has 0 fully saturated rings. The number of carboxylic acid groups (broad SMARTS) is 1. The summed E-state index contributed by atoms with van der Waals surface area (Å²) in [6.07, 6.45) is 2.32. The fourth-order valence-electron chi connectivity index (χ4n) is 2.14. The molecule has 0 saturated carbocycles. The molecule has 1 aromatic carbocycles. The average molecular weight is 394 g/mol. The van der Waals surface area contributed by atoms with Gasteiger partial charge < -0.3 is 10.2 Å². The number of benzene rings is 1. The zero-order chi connectivity index (χ0) is 16.6. The maximum atomic E-state index is 11.2. The fourth-order valence-corrected chi connectivity index (χ4v) is 3.56. The lowest BCUT2D eigenvalue weighted by atomic mass is 10.1. The molecule has 0 bridgehead atoms. The lowest BCUT2D eigenvalue weighted by Gasteiger charge is -1.98. The highest BCUT2D eigenvalue weighted by Crippen LogP contribution is 2.31. The number of hydrogen-bond donors (Lipinski definition) is 2. The maximum Gasteiger partial charge on any atom is 0.355 e. The van der Waals surface area contributed by atoms with E-state index in [1.54, 1.807) is 29.1 Å². The maximum absolute atomic E-state index is 11.2. The average Bonchev–Trinajstić information content (AvgIpc) is 3.10. The molecule has 0 amide bonds. The molecule has 2 heterocycles. The Kier molecular flexibility index (Phi) is 4.18. The molecule has 6 nitrogen and oxygen atoms in total. The van der Waals surface area contributed by atoms with Gasteiger partial charge >= 0.3 is 5.97 Å². The van der Waals surface area contributed by atoms with E-state index in [2.05, 4.69) is 26.0 Å². The third kappa shape index (κ3) is 2.99. The van der Waals surface area contributed by atoms with E-state index in [1.807, 2.05) is 13.0 Å². The molecule has 118 valence electrons. The highest BCUT2D eigenvalue weighted by molar-refractivity contribution is 9.10. The van der Waals surface area contributed by atoms with E-state index in [4.69, 9.17) is 0 Å². The van der Waals surface area contributed by atoms with Gasteiger partial charge in [0.05, 0.1) is 4.47 Å². The van der Waals surface area contributed by atoms with Crippen molar-refractivity contribution >= 4 is 33.2 Å². The molecule has 8 heteroatoms. The second kappa shape index (κ2) is 6.13. The molecule has 3 aromatic rings. The number of rotatable bonds is 4. The summed E-state index contributed by atoms with van der Waals surface area (Å²) in [6.45, 7) is 1.89. The van der Waals surface area contributed by atoms with Crippen molar-refractivity contribution in [3.63, 3.8) is 0 Å². The predicted octanol–water partition coefficient (Wildman–Crippen LogP) is 3.72. The number of nitrogens with zero attached hydrogens (tertiary/aromatic N) is 3. The smallest absolute Gasteiger partial charge is 0.355 e. The van der Waals surface area contributed by atoms with Crippen LogP contribution in [0.1, 0.15) is 22.3 Å². The van der Waals surface area contributed by atoms with Crippen molar-refractivity contribution in [2.24, 2.45) is 0 Å². The van der Waals surface area contributed by atoms with Crippen molar-refractivity contribution in [2.45, 2.75) is 13.3 Å². The molecule has 3 rings (SSSR count). The number of aromatic hydroxyl groups is 1. The highest BCUT2D eigenvalue weighted by Gasteiger charge is 2.19. The normalized spacial score (nSPS) is 10.9. The Morgan fingerprint density at radius 1 is 1.43 bits per heavy atom. The minimum atomic E-state index is -1.04. The summed E-state index contributed by atoms with van der Waals surface area (Å²) in [5.74, 6) is -0.886. The van der Waals surface area contributed by atoms with Crippen LogP contribution >= 0.6 is 27.3 Å². The molecule has 0 spiro atoms. The Bertz CT molecular complexity index is 888. The number of phenols is 1. The van der Waals surface area contributed by atoms with Crippen molar-refractivity contribution in [1.29, 1.82) is 0 Å². The molecular formula is C15H12BrN3O3S. The molecule has 23 heavy (non-hydrogen) atoms. The monoisotopic (exact) mass is 393 g/mol. The van der Waals surface area contributed by atoms with Gasteiger partial charge in [-0.05, 0) is 34.5 Å². The van der Waals surface area contributed by atoms with Crippen molar-refractivity contribution in [3.05, 3.63) is 45.5 Å². The summed E-state index contributed by atoms with van der Waals surface area (Å²) in [5.41, 5.74) is 1.46. The SMILES string of the molecule is CCc1sc(-n2cc(Br)c(-c3cccc(O)c3)n2)nc1C(=O)O. The van der Waals surface area contributed by atoms with E-state index in [-0.39, 0.29) is 11.4 Å². The molecule has 0 aliphatic rings. The number of halogens is 1. The standard InChI is InChI=1S/C15H12BrN3O3S/c1-2-11-13(14(21)22)17-15(23-11)19-7-10(16)12(18-19)8-4-3-5-9(20)6-8/h3-7,20H,2H2,1H3,(H,21,22). The van der Waals surface area contributed by atoms with Crippen LogP contribution in [0, 0.1) is 0 Å². The van der Waals surface area contributed by atoms with E-state index in [1.165, 1.54) is 11.3 Å². The van der Waals surface area contributed by atoms with Gasteiger partial charge in [0.2, 0.25) is 5.13 Å². The van der Waals surface area contributed by atoms with Crippen LogP contribution in [0.15, 0.2) is 34.9 Å². The first-order valence-electron chi connectivity index (χ1n) is 6.77. The van der Waals surface area contributed by atoms with Gasteiger partial charge in [0, 0.05) is 16.6 Å². The van der Waals surface area contributed by atoms with Gasteiger partial charge in [0.1, 0.15) is 11.4 Å². The summed E-state index contributed by atoms with van der Waals surface area (Å²) >= 11 is 4.74. The Morgan fingerprint density at radius 3 is 2.83 bits per heavy atom. The van der Waals surface area contributed by atoms with Crippen LogP contribution < -0.4 is 0 Å². The number of aromatic nitrogens is 3. The third-order valence-corrected chi connectivity index (χ3v) is 4.96. The third-order valence-electron chi connectivity index (χ3n) is 3.19. The Balaban J connectivity index is 2.06. The van der Waals surface area contributed by atoms with Crippen LogP contribution in [0.25, 0.3) is 16.4 Å². The Morgan fingerprint density at radius 2 is 2.22 bits per heavy atom. The second-order valence-corrected chi connectivity index (χ2v) is 6.66. The van der Waals surface area contributed by atoms with Gasteiger partial charge in [-0.3, -0.25) is 0 Å². The lowest BCUT2D eigenvalue weighted by Crippen LogP contribution is -2.01. The number of thiazole rings is 1. The Labute approximate surface area is 144 Å². The fraction of sp³-hybridized carbons (Fsp3) is 0.133. The van der Waals surface area contributed by atoms with Gasteiger partial charge in [-0.1, -0.05) is 30.4 Å². The summed E-state index contributed by atoms with van der Waals surface area (Å²) in [4.78, 5) is 16.1. The minimum Gasteiger partial charge on any atom is -0.508 e. The minimum absolute atomic E-state index is 0.0676. The predicted molar refractivity (Wildman–Crippen MR) is 90.4 cm³/mol. The van der Waals surface area contributed by atoms with Crippen LogP contribution in [0.5, 0.6) is 5.75 Å². The summed E-state index contributed by atoms with van der Waals surface area (Å²) in [6, 6.07) is 6.76. The first-order valence-corrected chi connectivity index (χ1v) is 8.38. The molecule has 0 unspecified atom stereocenters. The lowest BCUT2D eigenvalue weighted by molar-refractivity contribution is 0.0690. The van der Waals surface area contributed by atoms with Crippen LogP contribution in [-0.4, -0.2) is 30.9 Å². The van der Waals surface area contributed by atoms with Crippen molar-refractivity contribution in [2.75, 3.05) is 0 Å². The topological polar surface area (TPSA) is 88.2 Å². The van der Waals surface area contributed by atoms with Crippen LogP contribution in [0.2, 0.25) is 0 Å². The van der Waals surface area contributed by atoms with Gasteiger partial charge in [-0.2, -0.15) is 5.10 Å². The number of hydrogen-bond acceptors (Lipinski definition) is 5. The number of carboxylic acids is 1. The number of carbonyl (C=O) groups is 1. The van der Waals surface area contributed by atoms with Crippen molar-refractivity contribution in [1.82, 2.24) is 14.8 Å². The summed E-state index contributed by atoms with van der Waals surface area (Å²) in [7, 11) is 0. The van der Waals surface area contributed by atoms with Gasteiger partial charge in [0.25, 0.3) is 0 Å². The molecule has 0 radical (unpaired) electrons. The molecular weight excluding hydrogens is 382 g/mol. The van der Waals surface area contributed by atoms with E-state index in [0.717, 1.165) is 10.0 Å². The van der Waals surface area contributed by atoms with Gasteiger partial charge in [0.15, 0.2) is 5.69 Å². The molecule has 2 aromatic heterocycles. The second-order valence-electron chi connectivity index (χ2n) is 4.75. The van der Waals surface area contributed by atoms with E-state index in [9.17, 15) is 15.0 Å². The summed E-state index contributed by atoms with van der Waals surface area (Å²) < 4.78 is 2.27. The first kappa shape index (κ1) is 15.7. The van der Waals surface area contributed by atoms with Crippen molar-refractivity contribution in [3.8, 4) is 22.1 Å². The number of aryl methyl sites for hydroxylation is 1. The van der Waals surface area contributed by atoms with Crippen LogP contribution in [0.3, 0.4) is 0 Å². The first-order chi connectivity index (χ1) is 11.0. The van der Waals surface area contributed by atoms with Crippen LogP contribution in [-0.2, 0) is 6.42 Å². The van der Waals surface area contributed by atoms with Crippen molar-refractivity contribution < 1.29 is 15.0 Å². The molecule has 0 aliphatic carbocycles. The molecule has 0 atom stereocenters. The summed E-state index contributed by atoms with van der Waals surface area (Å²) in [5, 5.41) is 23.7. The molecule has 0 saturated heterocycles. The van der Waals surface area contributed by atoms with Gasteiger partial charge in [-0.15, -0.1) is 0 Å². The van der Waals surface area contributed by atoms with Gasteiger partial charge in [-0.25, -0.2) is 14.5 Å². The number of phenolic OH excluding ortho intramolecular Hbond substituents is 1. The molecule has 2 N–H and O–H groups in total. The zero-order valence-corrected chi connectivity index (χ0v) is 14.4. The number of aromatic carboxylic acids is 1. The molecule has 0 aliphatic heterocycles.